The number of likely N-dealkylation sites (tertiary alicyclic amines) is 1. The third kappa shape index (κ3) is 7.12. The summed E-state index contributed by atoms with van der Waals surface area (Å²) in [7, 11) is 0. The van der Waals surface area contributed by atoms with Crippen LogP contribution in [0.3, 0.4) is 0 Å². The standard InChI is InChI=1S/C35H41N5OS/c36-23-28-3-9-34-33(22-28)31(24-37-34)2-1-14-38-17-19-40(20-18-38)32-7-5-30(6-8-32)35(41)10-4-27-11-15-39(16-12-27)25-29-13-21-42-26-29/h3,5-9,13,21-22,24,26-27,37H,1-2,4,10-12,14-20,25H2. The SMILES string of the molecule is N#Cc1ccc2[nH]cc(CCCN3CCN(c4ccc(C(=O)CCC5CCN(Cc6ccsc6)CC5)cc4)CC3)c2c1. The lowest BCUT2D eigenvalue weighted by Gasteiger charge is -2.36. The van der Waals surface area contributed by atoms with Crippen LogP contribution in [0.2, 0.25) is 0 Å². The van der Waals surface area contributed by atoms with E-state index < -0.39 is 0 Å². The number of anilines is 1. The predicted octanol–water partition coefficient (Wildman–Crippen LogP) is 6.73. The van der Waals surface area contributed by atoms with Crippen LogP contribution in [-0.4, -0.2) is 66.4 Å². The molecule has 2 aliphatic rings. The summed E-state index contributed by atoms with van der Waals surface area (Å²) in [5, 5.41) is 14.8. The fourth-order valence-electron chi connectivity index (χ4n) is 6.59. The van der Waals surface area contributed by atoms with Crippen LogP contribution in [0.1, 0.15) is 59.2 Å². The lowest BCUT2D eigenvalue weighted by Crippen LogP contribution is -2.46. The third-order valence-electron chi connectivity index (χ3n) is 9.22. The molecule has 6 nitrogen and oxygen atoms in total. The maximum absolute atomic E-state index is 12.9. The van der Waals surface area contributed by atoms with Crippen LogP contribution in [-0.2, 0) is 13.0 Å². The average Bonchev–Trinajstić information content (AvgIpc) is 3.71. The highest BCUT2D eigenvalue weighted by molar-refractivity contribution is 7.07. The van der Waals surface area contributed by atoms with Gasteiger partial charge in [0.05, 0.1) is 11.6 Å². The second-order valence-corrected chi connectivity index (χ2v) is 12.8. The molecule has 0 aliphatic carbocycles. The number of Topliss-reactive ketones (excluding diaryl/α,β-unsaturated/α-hetero) is 1. The van der Waals surface area contributed by atoms with Gasteiger partial charge in [0.15, 0.2) is 5.78 Å². The summed E-state index contributed by atoms with van der Waals surface area (Å²) < 4.78 is 0. The molecule has 0 amide bonds. The Morgan fingerprint density at radius 2 is 1.79 bits per heavy atom. The quantitative estimate of drug-likeness (QED) is 0.200. The number of aryl methyl sites for hydroxylation is 1. The number of aromatic nitrogens is 1. The minimum atomic E-state index is 0.283. The van der Waals surface area contributed by atoms with E-state index in [2.05, 4.69) is 60.9 Å². The van der Waals surface area contributed by atoms with E-state index >= 15 is 0 Å². The molecule has 2 fully saturated rings. The number of hydrogen-bond acceptors (Lipinski definition) is 6. The van der Waals surface area contributed by atoms with Crippen LogP contribution in [0, 0.1) is 17.2 Å². The van der Waals surface area contributed by atoms with Crippen molar-refractivity contribution in [3.8, 4) is 6.07 Å². The number of nitrogens with zero attached hydrogens (tertiary/aromatic N) is 4. The van der Waals surface area contributed by atoms with Crippen LogP contribution in [0.25, 0.3) is 10.9 Å². The van der Waals surface area contributed by atoms with Crippen LogP contribution in [0.15, 0.2) is 65.5 Å². The number of nitrogens with one attached hydrogen (secondary N) is 1. The molecule has 2 aliphatic heterocycles. The molecule has 218 valence electrons. The van der Waals surface area contributed by atoms with E-state index in [-0.39, 0.29) is 5.78 Å². The van der Waals surface area contributed by atoms with Gasteiger partial charge in [-0.15, -0.1) is 0 Å². The first-order chi connectivity index (χ1) is 20.6. The number of benzene rings is 2. The van der Waals surface area contributed by atoms with Gasteiger partial charge in [0.25, 0.3) is 0 Å². The predicted molar refractivity (Wildman–Crippen MR) is 172 cm³/mol. The Morgan fingerprint density at radius 3 is 2.52 bits per heavy atom. The van der Waals surface area contributed by atoms with E-state index in [1.807, 2.05) is 30.3 Å². The molecule has 4 heterocycles. The Labute approximate surface area is 253 Å². The van der Waals surface area contributed by atoms with Crippen molar-refractivity contribution < 1.29 is 4.79 Å². The van der Waals surface area contributed by atoms with Gasteiger partial charge in [0.2, 0.25) is 0 Å². The average molecular weight is 580 g/mol. The highest BCUT2D eigenvalue weighted by atomic mass is 32.1. The minimum absolute atomic E-state index is 0.283. The molecule has 6 rings (SSSR count). The van der Waals surface area contributed by atoms with Crippen molar-refractivity contribution in [2.45, 2.75) is 45.1 Å². The second-order valence-electron chi connectivity index (χ2n) is 12.0. The summed E-state index contributed by atoms with van der Waals surface area (Å²) in [5.41, 5.74) is 6.61. The Kier molecular flexibility index (Phi) is 9.34. The van der Waals surface area contributed by atoms with Gasteiger partial charge in [0.1, 0.15) is 0 Å². The monoisotopic (exact) mass is 579 g/mol. The molecule has 2 saturated heterocycles. The van der Waals surface area contributed by atoms with Crippen molar-refractivity contribution in [1.29, 1.82) is 5.26 Å². The molecule has 0 spiro atoms. The van der Waals surface area contributed by atoms with E-state index in [4.69, 9.17) is 0 Å². The lowest BCUT2D eigenvalue weighted by molar-refractivity contribution is 0.0961. The highest BCUT2D eigenvalue weighted by Gasteiger charge is 2.21. The van der Waals surface area contributed by atoms with Crippen molar-refractivity contribution in [3.05, 3.63) is 87.7 Å². The van der Waals surface area contributed by atoms with Gasteiger partial charge in [-0.2, -0.15) is 16.6 Å². The summed E-state index contributed by atoms with van der Waals surface area (Å²) in [5.74, 6) is 0.952. The van der Waals surface area contributed by atoms with Gasteiger partial charge in [-0.25, -0.2) is 0 Å². The van der Waals surface area contributed by atoms with E-state index in [9.17, 15) is 10.1 Å². The van der Waals surface area contributed by atoms with Crippen molar-refractivity contribution in [2.75, 3.05) is 50.7 Å². The number of rotatable bonds is 11. The molecular weight excluding hydrogens is 538 g/mol. The fourth-order valence-corrected chi connectivity index (χ4v) is 7.25. The summed E-state index contributed by atoms with van der Waals surface area (Å²) in [6.07, 6.45) is 8.29. The molecule has 0 radical (unpaired) electrons. The van der Waals surface area contributed by atoms with Gasteiger partial charge < -0.3 is 9.88 Å². The highest BCUT2D eigenvalue weighted by Crippen LogP contribution is 2.26. The van der Waals surface area contributed by atoms with E-state index in [0.29, 0.717) is 17.9 Å². The number of thiophene rings is 1. The minimum Gasteiger partial charge on any atom is -0.369 e. The van der Waals surface area contributed by atoms with Crippen molar-refractivity contribution >= 4 is 33.7 Å². The number of H-pyrrole nitrogens is 1. The second kappa shape index (κ2) is 13.7. The summed E-state index contributed by atoms with van der Waals surface area (Å²) in [6.45, 7) is 8.57. The van der Waals surface area contributed by atoms with Gasteiger partial charge in [-0.1, -0.05) is 0 Å². The molecule has 2 aromatic carbocycles. The summed E-state index contributed by atoms with van der Waals surface area (Å²) >= 11 is 1.77. The summed E-state index contributed by atoms with van der Waals surface area (Å²) in [6, 6.07) is 18.7. The van der Waals surface area contributed by atoms with Crippen LogP contribution >= 0.6 is 11.3 Å². The topological polar surface area (TPSA) is 66.4 Å². The smallest absolute Gasteiger partial charge is 0.162 e. The molecule has 0 atom stereocenters. The largest absolute Gasteiger partial charge is 0.369 e. The van der Waals surface area contributed by atoms with Gasteiger partial charge >= 0.3 is 0 Å². The first kappa shape index (κ1) is 28.7. The van der Waals surface area contributed by atoms with Gasteiger partial charge in [-0.05, 0) is 128 Å². The zero-order valence-electron chi connectivity index (χ0n) is 24.4. The molecule has 0 bridgehead atoms. The van der Waals surface area contributed by atoms with E-state index in [1.54, 1.807) is 11.3 Å². The number of carbonyl (C=O) groups excluding carboxylic acids is 1. The molecule has 4 aromatic rings. The number of fused-ring (bicyclic) bond motifs is 1. The fraction of sp³-hybridized carbons (Fsp3) is 0.429. The van der Waals surface area contributed by atoms with Crippen LogP contribution < -0.4 is 4.90 Å². The first-order valence-electron chi connectivity index (χ1n) is 15.5. The number of carbonyl (C=O) groups is 1. The number of hydrogen-bond donors (Lipinski definition) is 1. The molecule has 7 heteroatoms. The number of piperidine rings is 1. The lowest BCUT2D eigenvalue weighted by atomic mass is 9.90. The van der Waals surface area contributed by atoms with E-state index in [0.717, 1.165) is 82.7 Å². The molecule has 0 unspecified atom stereocenters. The summed E-state index contributed by atoms with van der Waals surface area (Å²) in [4.78, 5) is 23.8. The number of aromatic amines is 1. The Bertz CT molecular complexity index is 1490. The van der Waals surface area contributed by atoms with Crippen LogP contribution in [0.4, 0.5) is 5.69 Å². The molecule has 0 saturated carbocycles. The zero-order valence-corrected chi connectivity index (χ0v) is 25.2. The Balaban J connectivity index is 0.898. The number of piperazine rings is 1. The maximum atomic E-state index is 12.9. The Hall–Kier alpha value is -3.44. The van der Waals surface area contributed by atoms with Crippen molar-refractivity contribution in [2.24, 2.45) is 5.92 Å². The van der Waals surface area contributed by atoms with E-state index in [1.165, 1.54) is 35.0 Å². The molecule has 42 heavy (non-hydrogen) atoms. The third-order valence-corrected chi connectivity index (χ3v) is 9.95. The number of nitriles is 1. The number of ketones is 1. The van der Waals surface area contributed by atoms with Crippen molar-refractivity contribution in [3.63, 3.8) is 0 Å². The molecule has 2 aromatic heterocycles. The first-order valence-corrected chi connectivity index (χ1v) is 16.4. The zero-order chi connectivity index (χ0) is 28.7. The van der Waals surface area contributed by atoms with Gasteiger partial charge in [-0.3, -0.25) is 14.6 Å². The normalized spacial score (nSPS) is 17.1. The van der Waals surface area contributed by atoms with Crippen LogP contribution in [0.5, 0.6) is 0 Å². The Morgan fingerprint density at radius 1 is 0.976 bits per heavy atom. The van der Waals surface area contributed by atoms with Crippen molar-refractivity contribution in [1.82, 2.24) is 14.8 Å². The van der Waals surface area contributed by atoms with Gasteiger partial charge in [0, 0.05) is 67.5 Å². The maximum Gasteiger partial charge on any atom is 0.162 e. The molecule has 1 N–H and O–H groups in total. The molecular formula is C35H41N5OS.